The van der Waals surface area contributed by atoms with Gasteiger partial charge in [-0.2, -0.15) is 5.10 Å². The number of nitrogens with one attached hydrogen (secondary N) is 1. The molecule has 1 saturated heterocycles. The quantitative estimate of drug-likeness (QED) is 0.748. The van der Waals surface area contributed by atoms with Gasteiger partial charge in [0.15, 0.2) is 0 Å². The summed E-state index contributed by atoms with van der Waals surface area (Å²) in [5.74, 6) is 0.874. The second-order valence-corrected chi connectivity index (χ2v) is 6.32. The van der Waals surface area contributed by atoms with Crippen LogP contribution in [0.4, 0.5) is 0 Å². The molecule has 1 aromatic carbocycles. The molecule has 3 rings (SSSR count). The van der Waals surface area contributed by atoms with E-state index in [4.69, 9.17) is 9.47 Å². The van der Waals surface area contributed by atoms with Crippen molar-refractivity contribution in [1.82, 2.24) is 15.1 Å². The summed E-state index contributed by atoms with van der Waals surface area (Å²) in [6, 6.07) is 7.92. The van der Waals surface area contributed by atoms with Gasteiger partial charge in [-0.3, -0.25) is 9.48 Å². The van der Waals surface area contributed by atoms with E-state index in [9.17, 15) is 4.79 Å². The molecule has 25 heavy (non-hydrogen) atoms. The van der Waals surface area contributed by atoms with Gasteiger partial charge in [-0.25, -0.2) is 0 Å². The third kappa shape index (κ3) is 5.32. The van der Waals surface area contributed by atoms with Crippen molar-refractivity contribution in [2.24, 2.45) is 7.05 Å². The van der Waals surface area contributed by atoms with Gasteiger partial charge in [0.25, 0.3) is 0 Å². The molecule has 0 saturated carbocycles. The number of hydrogen-bond acceptors (Lipinski definition) is 4. The minimum absolute atomic E-state index is 0.0611. The zero-order valence-electron chi connectivity index (χ0n) is 14.6. The van der Waals surface area contributed by atoms with E-state index >= 15 is 0 Å². The van der Waals surface area contributed by atoms with Gasteiger partial charge in [-0.15, -0.1) is 0 Å². The van der Waals surface area contributed by atoms with E-state index in [2.05, 4.69) is 10.4 Å². The van der Waals surface area contributed by atoms with Gasteiger partial charge in [-0.1, -0.05) is 12.1 Å². The van der Waals surface area contributed by atoms with Gasteiger partial charge in [0.2, 0.25) is 5.91 Å². The van der Waals surface area contributed by atoms with Crippen LogP contribution in [0, 0.1) is 0 Å². The third-order valence-electron chi connectivity index (χ3n) is 4.26. The number of hydrogen-bond donors (Lipinski definition) is 1. The Labute approximate surface area is 148 Å². The average molecular weight is 343 g/mol. The monoisotopic (exact) mass is 343 g/mol. The lowest BCUT2D eigenvalue weighted by atomic mass is 10.1. The van der Waals surface area contributed by atoms with Gasteiger partial charge in [0.05, 0.1) is 18.9 Å². The Morgan fingerprint density at radius 2 is 2.20 bits per heavy atom. The van der Waals surface area contributed by atoms with E-state index < -0.39 is 0 Å². The Bertz CT molecular complexity index is 675. The summed E-state index contributed by atoms with van der Waals surface area (Å²) in [5.41, 5.74) is 2.19. The molecule has 6 nitrogen and oxygen atoms in total. The van der Waals surface area contributed by atoms with Crippen molar-refractivity contribution in [3.63, 3.8) is 0 Å². The standard InChI is InChI=1S/C19H25N3O3/c1-22-14-16(12-21-22)15-6-8-17(9-7-15)24-11-3-5-19(23)20-13-18-4-2-10-25-18/h6-9,12,14,18H,2-5,10-11,13H2,1H3,(H,20,23)/t18-/m1/s1. The Kier molecular flexibility index (Phi) is 6.06. The van der Waals surface area contributed by atoms with Crippen molar-refractivity contribution in [2.45, 2.75) is 31.8 Å². The zero-order chi connectivity index (χ0) is 17.5. The van der Waals surface area contributed by atoms with Crippen molar-refractivity contribution in [2.75, 3.05) is 19.8 Å². The fourth-order valence-electron chi connectivity index (χ4n) is 2.86. The summed E-state index contributed by atoms with van der Waals surface area (Å²) >= 11 is 0. The molecule has 1 aliphatic heterocycles. The number of benzene rings is 1. The molecule has 1 fully saturated rings. The molecule has 1 aliphatic rings. The van der Waals surface area contributed by atoms with Crippen LogP contribution in [-0.4, -0.2) is 41.6 Å². The summed E-state index contributed by atoms with van der Waals surface area (Å²) in [4.78, 5) is 11.8. The van der Waals surface area contributed by atoms with Crippen molar-refractivity contribution >= 4 is 5.91 Å². The first-order chi connectivity index (χ1) is 12.2. The summed E-state index contributed by atoms with van der Waals surface area (Å²) in [7, 11) is 1.90. The number of rotatable bonds is 8. The predicted molar refractivity (Wildman–Crippen MR) is 95.4 cm³/mol. The molecule has 0 bridgehead atoms. The van der Waals surface area contributed by atoms with E-state index in [1.165, 1.54) is 0 Å². The highest BCUT2D eigenvalue weighted by Gasteiger charge is 2.15. The lowest BCUT2D eigenvalue weighted by Gasteiger charge is -2.11. The van der Waals surface area contributed by atoms with Crippen molar-refractivity contribution in [3.8, 4) is 16.9 Å². The Morgan fingerprint density at radius 1 is 1.36 bits per heavy atom. The molecule has 0 spiro atoms. The summed E-state index contributed by atoms with van der Waals surface area (Å²) in [5, 5.41) is 7.10. The first-order valence-electron chi connectivity index (χ1n) is 8.81. The Balaban J connectivity index is 1.33. The smallest absolute Gasteiger partial charge is 0.220 e. The molecule has 2 aromatic rings. The van der Waals surface area contributed by atoms with Crippen LogP contribution in [0.1, 0.15) is 25.7 Å². The average Bonchev–Trinajstić information content (AvgIpc) is 3.29. The van der Waals surface area contributed by atoms with Gasteiger partial charge < -0.3 is 14.8 Å². The molecule has 1 aromatic heterocycles. The van der Waals surface area contributed by atoms with E-state index in [1.54, 1.807) is 4.68 Å². The van der Waals surface area contributed by atoms with Gasteiger partial charge in [0.1, 0.15) is 5.75 Å². The molecule has 0 unspecified atom stereocenters. The first kappa shape index (κ1) is 17.5. The molecule has 1 amide bonds. The van der Waals surface area contributed by atoms with E-state index in [1.807, 2.05) is 43.7 Å². The minimum Gasteiger partial charge on any atom is -0.494 e. The fraction of sp³-hybridized carbons (Fsp3) is 0.474. The minimum atomic E-state index is 0.0611. The largest absolute Gasteiger partial charge is 0.494 e. The van der Waals surface area contributed by atoms with Crippen LogP contribution in [0.5, 0.6) is 5.75 Å². The number of aryl methyl sites for hydroxylation is 1. The highest BCUT2D eigenvalue weighted by molar-refractivity contribution is 5.75. The van der Waals surface area contributed by atoms with Crippen LogP contribution in [0.15, 0.2) is 36.7 Å². The van der Waals surface area contributed by atoms with E-state index in [-0.39, 0.29) is 12.0 Å². The van der Waals surface area contributed by atoms with Gasteiger partial charge in [0, 0.05) is 38.4 Å². The fourth-order valence-corrected chi connectivity index (χ4v) is 2.86. The van der Waals surface area contributed by atoms with Crippen LogP contribution in [-0.2, 0) is 16.6 Å². The maximum Gasteiger partial charge on any atom is 0.220 e. The zero-order valence-corrected chi connectivity index (χ0v) is 14.6. The Morgan fingerprint density at radius 3 is 2.88 bits per heavy atom. The summed E-state index contributed by atoms with van der Waals surface area (Å²) < 4.78 is 13.0. The van der Waals surface area contributed by atoms with Crippen LogP contribution in [0.2, 0.25) is 0 Å². The maximum absolute atomic E-state index is 11.8. The number of ether oxygens (including phenoxy) is 2. The summed E-state index contributed by atoms with van der Waals surface area (Å²) in [6.45, 7) is 1.96. The second-order valence-electron chi connectivity index (χ2n) is 6.32. The van der Waals surface area contributed by atoms with Crippen molar-refractivity contribution < 1.29 is 14.3 Å². The normalized spacial score (nSPS) is 16.8. The lowest BCUT2D eigenvalue weighted by Crippen LogP contribution is -2.31. The van der Waals surface area contributed by atoms with Crippen LogP contribution < -0.4 is 10.1 Å². The highest BCUT2D eigenvalue weighted by atomic mass is 16.5. The van der Waals surface area contributed by atoms with Crippen LogP contribution >= 0.6 is 0 Å². The SMILES string of the molecule is Cn1cc(-c2ccc(OCCCC(=O)NC[C@H]3CCCO3)cc2)cn1. The second kappa shape index (κ2) is 8.67. The van der Waals surface area contributed by atoms with Crippen molar-refractivity contribution in [1.29, 1.82) is 0 Å². The maximum atomic E-state index is 11.8. The first-order valence-corrected chi connectivity index (χ1v) is 8.81. The molecule has 1 atom stereocenters. The Hall–Kier alpha value is -2.34. The van der Waals surface area contributed by atoms with Crippen molar-refractivity contribution in [3.05, 3.63) is 36.7 Å². The number of carbonyl (C=O) groups excluding carboxylic acids is 1. The van der Waals surface area contributed by atoms with Crippen LogP contribution in [0.3, 0.4) is 0 Å². The topological polar surface area (TPSA) is 65.4 Å². The molecule has 2 heterocycles. The summed E-state index contributed by atoms with van der Waals surface area (Å²) in [6.07, 6.45) is 7.31. The molecule has 0 aliphatic carbocycles. The molecule has 0 radical (unpaired) electrons. The van der Waals surface area contributed by atoms with E-state index in [0.29, 0.717) is 26.0 Å². The molecule has 134 valence electrons. The van der Waals surface area contributed by atoms with Gasteiger partial charge in [-0.05, 0) is 37.0 Å². The molecule has 1 N–H and O–H groups in total. The number of nitrogens with zero attached hydrogens (tertiary/aromatic N) is 2. The highest BCUT2D eigenvalue weighted by Crippen LogP contribution is 2.21. The molecular formula is C19H25N3O3. The number of amides is 1. The van der Waals surface area contributed by atoms with Gasteiger partial charge >= 0.3 is 0 Å². The lowest BCUT2D eigenvalue weighted by molar-refractivity contribution is -0.121. The third-order valence-corrected chi connectivity index (χ3v) is 4.26. The van der Waals surface area contributed by atoms with Crippen LogP contribution in [0.25, 0.3) is 11.1 Å². The van der Waals surface area contributed by atoms with E-state index in [0.717, 1.165) is 36.3 Å². The molecular weight excluding hydrogens is 318 g/mol. The molecule has 6 heteroatoms. The predicted octanol–water partition coefficient (Wildman–Crippen LogP) is 2.54. The number of carbonyl (C=O) groups is 1. The number of aromatic nitrogens is 2.